The van der Waals surface area contributed by atoms with Crippen LogP contribution in [-0.4, -0.2) is 25.0 Å². The third-order valence-electron chi connectivity index (χ3n) is 2.30. The van der Waals surface area contributed by atoms with E-state index in [1.165, 1.54) is 0 Å². The van der Waals surface area contributed by atoms with E-state index in [1.807, 2.05) is 27.8 Å². The number of carbonyl (C=O) groups excluding carboxylic acids is 1. The van der Waals surface area contributed by atoms with Crippen molar-refractivity contribution in [3.05, 3.63) is 0 Å². The van der Waals surface area contributed by atoms with E-state index >= 15 is 0 Å². The van der Waals surface area contributed by atoms with Crippen molar-refractivity contribution >= 4 is 5.91 Å². The highest BCUT2D eigenvalue weighted by molar-refractivity contribution is 5.79. The van der Waals surface area contributed by atoms with Gasteiger partial charge in [-0.05, 0) is 27.3 Å². The topological polar surface area (TPSA) is 41.1 Å². The minimum atomic E-state index is -0.0842. The van der Waals surface area contributed by atoms with Crippen molar-refractivity contribution in [3.8, 4) is 0 Å². The summed E-state index contributed by atoms with van der Waals surface area (Å²) in [6, 6.07) is 0. The van der Waals surface area contributed by atoms with Gasteiger partial charge < -0.3 is 10.6 Å². The van der Waals surface area contributed by atoms with Gasteiger partial charge in [-0.2, -0.15) is 0 Å². The van der Waals surface area contributed by atoms with Crippen LogP contribution in [0, 0.1) is 5.92 Å². The largest absolute Gasteiger partial charge is 0.351 e. The normalized spacial score (nSPS) is 13.9. The standard InChI is InChI=1S/C10H22N2O/c1-6-10(3,4)12-9(13)8(2)7-11-5/h8,11H,6-7H2,1-5H3,(H,12,13). The molecule has 0 bridgehead atoms. The lowest BCUT2D eigenvalue weighted by atomic mass is 10.0. The lowest BCUT2D eigenvalue weighted by molar-refractivity contribution is -0.126. The molecule has 1 amide bonds. The van der Waals surface area contributed by atoms with Gasteiger partial charge in [-0.15, -0.1) is 0 Å². The van der Waals surface area contributed by atoms with Gasteiger partial charge in [0.25, 0.3) is 0 Å². The van der Waals surface area contributed by atoms with Gasteiger partial charge in [0, 0.05) is 18.0 Å². The molecule has 0 radical (unpaired) electrons. The summed E-state index contributed by atoms with van der Waals surface area (Å²) < 4.78 is 0. The highest BCUT2D eigenvalue weighted by atomic mass is 16.2. The summed E-state index contributed by atoms with van der Waals surface area (Å²) in [7, 11) is 1.86. The molecule has 3 nitrogen and oxygen atoms in total. The number of nitrogens with one attached hydrogen (secondary N) is 2. The maximum absolute atomic E-state index is 11.6. The number of amides is 1. The summed E-state index contributed by atoms with van der Waals surface area (Å²) in [5.41, 5.74) is -0.0842. The molecule has 0 saturated heterocycles. The Balaban J connectivity index is 3.99. The van der Waals surface area contributed by atoms with Gasteiger partial charge in [-0.1, -0.05) is 13.8 Å². The quantitative estimate of drug-likeness (QED) is 0.676. The van der Waals surface area contributed by atoms with E-state index in [0.717, 1.165) is 13.0 Å². The Hall–Kier alpha value is -0.570. The molecular weight excluding hydrogens is 164 g/mol. The zero-order chi connectivity index (χ0) is 10.5. The minimum Gasteiger partial charge on any atom is -0.351 e. The third kappa shape index (κ3) is 4.88. The molecule has 0 aliphatic rings. The van der Waals surface area contributed by atoms with Crippen LogP contribution in [0.3, 0.4) is 0 Å². The fourth-order valence-electron chi connectivity index (χ4n) is 0.944. The maximum atomic E-state index is 11.6. The van der Waals surface area contributed by atoms with E-state index in [-0.39, 0.29) is 17.4 Å². The zero-order valence-corrected chi connectivity index (χ0v) is 9.40. The van der Waals surface area contributed by atoms with Crippen LogP contribution in [0.5, 0.6) is 0 Å². The van der Waals surface area contributed by atoms with E-state index in [2.05, 4.69) is 17.6 Å². The number of carbonyl (C=O) groups is 1. The first-order valence-corrected chi connectivity index (χ1v) is 4.89. The molecule has 13 heavy (non-hydrogen) atoms. The second-order valence-electron chi connectivity index (χ2n) is 4.19. The highest BCUT2D eigenvalue weighted by Gasteiger charge is 2.20. The molecule has 0 rings (SSSR count). The molecule has 0 spiro atoms. The Morgan fingerprint density at radius 3 is 2.38 bits per heavy atom. The Morgan fingerprint density at radius 1 is 1.46 bits per heavy atom. The molecule has 3 heteroatoms. The molecule has 0 aromatic rings. The van der Waals surface area contributed by atoms with Crippen LogP contribution in [0.2, 0.25) is 0 Å². The predicted octanol–water partition coefficient (Wildman–Crippen LogP) is 1.15. The molecule has 0 saturated carbocycles. The smallest absolute Gasteiger partial charge is 0.224 e. The molecule has 2 N–H and O–H groups in total. The molecule has 0 heterocycles. The highest BCUT2D eigenvalue weighted by Crippen LogP contribution is 2.08. The van der Waals surface area contributed by atoms with Crippen molar-refractivity contribution in [2.24, 2.45) is 5.92 Å². The van der Waals surface area contributed by atoms with Crippen LogP contribution in [0.15, 0.2) is 0 Å². The van der Waals surface area contributed by atoms with Crippen LogP contribution in [0.1, 0.15) is 34.1 Å². The van der Waals surface area contributed by atoms with Crippen molar-refractivity contribution in [1.82, 2.24) is 10.6 Å². The molecule has 1 atom stereocenters. The summed E-state index contributed by atoms with van der Waals surface area (Å²) in [6.07, 6.45) is 0.949. The molecule has 0 aliphatic heterocycles. The summed E-state index contributed by atoms with van der Waals surface area (Å²) in [4.78, 5) is 11.6. The van der Waals surface area contributed by atoms with Gasteiger partial charge in [-0.3, -0.25) is 4.79 Å². The molecule has 78 valence electrons. The number of rotatable bonds is 5. The van der Waals surface area contributed by atoms with Crippen molar-refractivity contribution < 1.29 is 4.79 Å². The molecule has 0 aliphatic carbocycles. The first kappa shape index (κ1) is 12.4. The Labute approximate surface area is 81.3 Å². The Kier molecular flexibility index (Phi) is 4.99. The van der Waals surface area contributed by atoms with Crippen LogP contribution >= 0.6 is 0 Å². The SMILES string of the molecule is CCC(C)(C)NC(=O)C(C)CNC. The molecule has 0 aromatic heterocycles. The monoisotopic (exact) mass is 186 g/mol. The summed E-state index contributed by atoms with van der Waals surface area (Å²) in [6.45, 7) is 8.81. The lowest BCUT2D eigenvalue weighted by Crippen LogP contribution is -2.46. The lowest BCUT2D eigenvalue weighted by Gasteiger charge is -2.26. The number of hydrogen-bond acceptors (Lipinski definition) is 2. The fourth-order valence-corrected chi connectivity index (χ4v) is 0.944. The van der Waals surface area contributed by atoms with Crippen molar-refractivity contribution in [2.75, 3.05) is 13.6 Å². The molecule has 0 fully saturated rings. The zero-order valence-electron chi connectivity index (χ0n) is 9.40. The average molecular weight is 186 g/mol. The van der Waals surface area contributed by atoms with E-state index in [0.29, 0.717) is 0 Å². The van der Waals surface area contributed by atoms with E-state index in [1.54, 1.807) is 0 Å². The molecule has 1 unspecified atom stereocenters. The summed E-state index contributed by atoms with van der Waals surface area (Å²) in [5.74, 6) is 0.164. The van der Waals surface area contributed by atoms with Crippen LogP contribution < -0.4 is 10.6 Å². The van der Waals surface area contributed by atoms with Crippen LogP contribution in [0.4, 0.5) is 0 Å². The summed E-state index contributed by atoms with van der Waals surface area (Å²) >= 11 is 0. The first-order valence-electron chi connectivity index (χ1n) is 4.89. The summed E-state index contributed by atoms with van der Waals surface area (Å²) in [5, 5.41) is 6.00. The van der Waals surface area contributed by atoms with Crippen LogP contribution in [-0.2, 0) is 4.79 Å². The molecule has 0 aromatic carbocycles. The predicted molar refractivity (Wildman–Crippen MR) is 55.6 cm³/mol. The van der Waals surface area contributed by atoms with Gasteiger partial charge in [0.15, 0.2) is 0 Å². The second kappa shape index (κ2) is 5.22. The van der Waals surface area contributed by atoms with Gasteiger partial charge in [0.1, 0.15) is 0 Å². The van der Waals surface area contributed by atoms with Crippen molar-refractivity contribution in [3.63, 3.8) is 0 Å². The van der Waals surface area contributed by atoms with E-state index in [9.17, 15) is 4.79 Å². The second-order valence-corrected chi connectivity index (χ2v) is 4.19. The van der Waals surface area contributed by atoms with Gasteiger partial charge in [-0.25, -0.2) is 0 Å². The Morgan fingerprint density at radius 2 is 2.00 bits per heavy atom. The molecular formula is C10H22N2O. The minimum absolute atomic E-state index is 0.0378. The maximum Gasteiger partial charge on any atom is 0.224 e. The van der Waals surface area contributed by atoms with E-state index < -0.39 is 0 Å². The van der Waals surface area contributed by atoms with E-state index in [4.69, 9.17) is 0 Å². The van der Waals surface area contributed by atoms with Crippen molar-refractivity contribution in [2.45, 2.75) is 39.7 Å². The van der Waals surface area contributed by atoms with Gasteiger partial charge >= 0.3 is 0 Å². The Bertz CT molecular complexity index is 166. The van der Waals surface area contributed by atoms with Gasteiger partial charge in [0.05, 0.1) is 0 Å². The third-order valence-corrected chi connectivity index (χ3v) is 2.30. The number of hydrogen-bond donors (Lipinski definition) is 2. The van der Waals surface area contributed by atoms with Crippen molar-refractivity contribution in [1.29, 1.82) is 0 Å². The first-order chi connectivity index (χ1) is 5.93. The van der Waals surface area contributed by atoms with Gasteiger partial charge in [0.2, 0.25) is 5.91 Å². The van der Waals surface area contributed by atoms with Crippen LogP contribution in [0.25, 0.3) is 0 Å². The fraction of sp³-hybridized carbons (Fsp3) is 0.900. The average Bonchev–Trinajstić information content (AvgIpc) is 2.04.